The van der Waals surface area contributed by atoms with Crippen molar-refractivity contribution >= 4 is 24.0 Å². The summed E-state index contributed by atoms with van der Waals surface area (Å²) in [6.07, 6.45) is -0.815. The van der Waals surface area contributed by atoms with Crippen LogP contribution in [0.15, 0.2) is 0 Å². The van der Waals surface area contributed by atoms with E-state index >= 15 is 0 Å². The van der Waals surface area contributed by atoms with Gasteiger partial charge >= 0.3 is 18.1 Å². The average molecular weight is 343 g/mol. The first-order chi connectivity index (χ1) is 10.8. The number of hydrogen-bond acceptors (Lipinski definition) is 6. The highest BCUT2D eigenvalue weighted by atomic mass is 16.6. The second-order valence-electron chi connectivity index (χ2n) is 7.47. The number of amides is 4. The summed E-state index contributed by atoms with van der Waals surface area (Å²) in [7, 11) is 0. The average Bonchev–Trinajstić information content (AvgIpc) is 2.62. The molecule has 136 valence electrons. The van der Waals surface area contributed by atoms with Crippen molar-refractivity contribution in [3.8, 4) is 0 Å². The Kier molecular flexibility index (Phi) is 5.80. The van der Waals surface area contributed by atoms with E-state index in [1.807, 2.05) is 0 Å². The number of nitrogens with one attached hydrogen (secondary N) is 2. The lowest BCUT2D eigenvalue weighted by Crippen LogP contribution is -2.52. The third-order valence-corrected chi connectivity index (χ3v) is 2.65. The van der Waals surface area contributed by atoms with E-state index in [4.69, 9.17) is 9.47 Å². The molecular weight excluding hydrogens is 318 g/mol. The van der Waals surface area contributed by atoms with E-state index in [0.717, 1.165) is 4.90 Å². The summed E-state index contributed by atoms with van der Waals surface area (Å²) in [5, 5.41) is 4.49. The molecule has 1 saturated heterocycles. The molecule has 1 heterocycles. The zero-order valence-electron chi connectivity index (χ0n) is 14.9. The first kappa shape index (κ1) is 19.7. The molecule has 4 amide bonds. The van der Waals surface area contributed by atoms with Crippen LogP contribution in [0.5, 0.6) is 0 Å². The zero-order valence-corrected chi connectivity index (χ0v) is 14.9. The van der Waals surface area contributed by atoms with Crippen molar-refractivity contribution in [3.05, 3.63) is 0 Å². The summed E-state index contributed by atoms with van der Waals surface area (Å²) < 4.78 is 10.4. The number of esters is 1. The third kappa shape index (κ3) is 6.84. The number of ether oxygens (including phenoxy) is 2. The lowest BCUT2D eigenvalue weighted by molar-refractivity contribution is -0.157. The number of hydrogen-bond donors (Lipinski definition) is 2. The Balaban J connectivity index is 2.82. The van der Waals surface area contributed by atoms with Crippen LogP contribution in [0, 0.1) is 0 Å². The predicted molar refractivity (Wildman–Crippen MR) is 84.1 cm³/mol. The van der Waals surface area contributed by atoms with Crippen LogP contribution >= 0.6 is 0 Å². The predicted octanol–water partition coefficient (Wildman–Crippen LogP) is 0.773. The molecule has 1 aliphatic rings. The van der Waals surface area contributed by atoms with Crippen molar-refractivity contribution in [2.24, 2.45) is 0 Å². The fourth-order valence-electron chi connectivity index (χ4n) is 1.85. The monoisotopic (exact) mass is 343 g/mol. The highest BCUT2D eigenvalue weighted by molar-refractivity contribution is 6.02. The smallest absolute Gasteiger partial charge is 0.408 e. The summed E-state index contributed by atoms with van der Waals surface area (Å²) in [5.41, 5.74) is -1.52. The minimum Gasteiger partial charge on any atom is -0.458 e. The van der Waals surface area contributed by atoms with Gasteiger partial charge in [-0.25, -0.2) is 14.4 Å². The van der Waals surface area contributed by atoms with Gasteiger partial charge in [0.2, 0.25) is 5.91 Å². The molecule has 0 aliphatic carbocycles. The molecule has 1 rings (SSSR count). The maximum atomic E-state index is 12.3. The summed E-state index contributed by atoms with van der Waals surface area (Å²) in [6, 6.07) is -1.78. The Bertz CT molecular complexity index is 532. The SMILES string of the molecule is CC(C)(C)OC(=O)NC(CN1CC(=O)NC1=O)C(=O)OC(C)(C)C. The van der Waals surface area contributed by atoms with Crippen LogP contribution in [0.4, 0.5) is 9.59 Å². The summed E-state index contributed by atoms with van der Waals surface area (Å²) in [5.74, 6) is -1.19. The highest BCUT2D eigenvalue weighted by Crippen LogP contribution is 2.12. The molecule has 1 fully saturated rings. The molecule has 1 aliphatic heterocycles. The van der Waals surface area contributed by atoms with Crippen LogP contribution in [0.1, 0.15) is 41.5 Å². The number of alkyl carbamates (subject to hydrolysis) is 1. The fourth-order valence-corrected chi connectivity index (χ4v) is 1.85. The second-order valence-corrected chi connectivity index (χ2v) is 7.47. The summed E-state index contributed by atoms with van der Waals surface area (Å²) in [6.45, 7) is 9.70. The van der Waals surface area contributed by atoms with E-state index in [-0.39, 0.29) is 13.1 Å². The van der Waals surface area contributed by atoms with Crippen molar-refractivity contribution in [1.29, 1.82) is 0 Å². The van der Waals surface area contributed by atoms with Gasteiger partial charge in [-0.05, 0) is 41.5 Å². The topological polar surface area (TPSA) is 114 Å². The van der Waals surface area contributed by atoms with Gasteiger partial charge < -0.3 is 19.7 Å². The number of urea groups is 1. The molecule has 0 aromatic carbocycles. The molecular formula is C15H25N3O6. The number of rotatable bonds is 4. The quantitative estimate of drug-likeness (QED) is 0.576. The number of carbonyl (C=O) groups is 4. The molecule has 0 aromatic rings. The first-order valence-electron chi connectivity index (χ1n) is 7.58. The van der Waals surface area contributed by atoms with Crippen LogP contribution in [-0.2, 0) is 19.1 Å². The molecule has 0 radical (unpaired) electrons. The maximum absolute atomic E-state index is 12.3. The van der Waals surface area contributed by atoms with Crippen LogP contribution in [0.2, 0.25) is 0 Å². The van der Waals surface area contributed by atoms with Crippen LogP contribution in [0.25, 0.3) is 0 Å². The molecule has 1 atom stereocenters. The van der Waals surface area contributed by atoms with Crippen LogP contribution in [-0.4, -0.2) is 59.2 Å². The lowest BCUT2D eigenvalue weighted by atomic mass is 10.2. The normalized spacial score (nSPS) is 16.5. The van der Waals surface area contributed by atoms with Gasteiger partial charge in [-0.15, -0.1) is 0 Å². The first-order valence-corrected chi connectivity index (χ1v) is 7.58. The Hall–Kier alpha value is -2.32. The second kappa shape index (κ2) is 7.06. The fraction of sp³-hybridized carbons (Fsp3) is 0.733. The largest absolute Gasteiger partial charge is 0.458 e. The van der Waals surface area contributed by atoms with E-state index in [2.05, 4.69) is 10.6 Å². The van der Waals surface area contributed by atoms with Crippen LogP contribution in [0.3, 0.4) is 0 Å². The molecule has 0 bridgehead atoms. The van der Waals surface area contributed by atoms with Crippen molar-refractivity contribution in [1.82, 2.24) is 15.5 Å². The Morgan fingerprint density at radius 2 is 1.67 bits per heavy atom. The minimum atomic E-state index is -1.16. The molecule has 0 spiro atoms. The molecule has 24 heavy (non-hydrogen) atoms. The zero-order chi connectivity index (χ0) is 18.7. The van der Waals surface area contributed by atoms with Gasteiger partial charge in [0.05, 0.1) is 6.54 Å². The minimum absolute atomic E-state index is 0.186. The molecule has 9 heteroatoms. The third-order valence-electron chi connectivity index (χ3n) is 2.65. The number of imide groups is 1. The molecule has 2 N–H and O–H groups in total. The molecule has 0 aromatic heterocycles. The van der Waals surface area contributed by atoms with Gasteiger partial charge in [0.25, 0.3) is 0 Å². The number of carbonyl (C=O) groups excluding carboxylic acids is 4. The van der Waals surface area contributed by atoms with E-state index in [1.54, 1.807) is 41.5 Å². The van der Waals surface area contributed by atoms with Gasteiger partial charge in [0.15, 0.2) is 0 Å². The van der Waals surface area contributed by atoms with Gasteiger partial charge in [-0.1, -0.05) is 0 Å². The Morgan fingerprint density at radius 3 is 2.08 bits per heavy atom. The Morgan fingerprint density at radius 1 is 1.12 bits per heavy atom. The van der Waals surface area contributed by atoms with Crippen molar-refractivity contribution in [3.63, 3.8) is 0 Å². The summed E-state index contributed by atoms with van der Waals surface area (Å²) >= 11 is 0. The van der Waals surface area contributed by atoms with Gasteiger partial charge in [0, 0.05) is 0 Å². The van der Waals surface area contributed by atoms with Gasteiger partial charge in [-0.2, -0.15) is 0 Å². The standard InChI is InChI=1S/C15H25N3O6/c1-14(2,3)23-11(20)9(16-13(22)24-15(4,5)6)7-18-8-10(19)17-12(18)21/h9H,7-8H2,1-6H3,(H,16,22)(H,17,19,21). The lowest BCUT2D eigenvalue weighted by Gasteiger charge is -2.28. The molecule has 1 unspecified atom stereocenters. The van der Waals surface area contributed by atoms with Gasteiger partial charge in [-0.3, -0.25) is 10.1 Å². The van der Waals surface area contributed by atoms with Crippen molar-refractivity contribution < 1.29 is 28.7 Å². The number of nitrogens with zero attached hydrogens (tertiary/aromatic N) is 1. The van der Waals surface area contributed by atoms with E-state index in [9.17, 15) is 19.2 Å². The van der Waals surface area contributed by atoms with Crippen LogP contribution < -0.4 is 10.6 Å². The Labute approximate surface area is 141 Å². The van der Waals surface area contributed by atoms with Gasteiger partial charge in [0.1, 0.15) is 23.8 Å². The van der Waals surface area contributed by atoms with E-state index in [0.29, 0.717) is 0 Å². The van der Waals surface area contributed by atoms with Crippen molar-refractivity contribution in [2.75, 3.05) is 13.1 Å². The van der Waals surface area contributed by atoms with E-state index < -0.39 is 41.2 Å². The molecule has 9 nitrogen and oxygen atoms in total. The van der Waals surface area contributed by atoms with Crippen molar-refractivity contribution in [2.45, 2.75) is 58.8 Å². The van der Waals surface area contributed by atoms with E-state index in [1.165, 1.54) is 0 Å². The molecule has 0 saturated carbocycles. The maximum Gasteiger partial charge on any atom is 0.408 e. The highest BCUT2D eigenvalue weighted by Gasteiger charge is 2.35. The summed E-state index contributed by atoms with van der Waals surface area (Å²) in [4.78, 5) is 48.2.